The zero-order valence-corrected chi connectivity index (χ0v) is 11.7. The average Bonchev–Trinajstić information content (AvgIpc) is 2.50. The molecule has 2 rings (SSSR count). The van der Waals surface area contributed by atoms with E-state index in [1.807, 2.05) is 24.3 Å². The smallest absolute Gasteiger partial charge is 0.124 e. The number of nitrogens with zero attached hydrogens (tertiary/aromatic N) is 2. The molecule has 0 aliphatic carbocycles. The summed E-state index contributed by atoms with van der Waals surface area (Å²) in [6.45, 7) is 1.29. The van der Waals surface area contributed by atoms with Gasteiger partial charge in [0.2, 0.25) is 0 Å². The number of aromatic hydroxyl groups is 2. The monoisotopic (exact) mass is 282 g/mol. The van der Waals surface area contributed by atoms with Crippen molar-refractivity contribution in [3.63, 3.8) is 0 Å². The van der Waals surface area contributed by atoms with Gasteiger partial charge in [0, 0.05) is 36.6 Å². The minimum Gasteiger partial charge on any atom is -0.507 e. The van der Waals surface area contributed by atoms with Gasteiger partial charge in [0.25, 0.3) is 0 Å². The summed E-state index contributed by atoms with van der Waals surface area (Å²) in [5.41, 5.74) is 1.44. The van der Waals surface area contributed by atoms with Crippen LogP contribution in [0.1, 0.15) is 17.5 Å². The maximum Gasteiger partial charge on any atom is 0.124 e. The first-order valence-electron chi connectivity index (χ1n) is 6.83. The van der Waals surface area contributed by atoms with E-state index in [1.165, 1.54) is 0 Å². The van der Waals surface area contributed by atoms with Crippen LogP contribution in [-0.4, -0.2) is 35.7 Å². The SMILES string of the molecule is Oc1ccccc1/C=N/CCC/N=C/c1ccccc1O. The molecule has 108 valence electrons. The molecule has 0 unspecified atom stereocenters. The van der Waals surface area contributed by atoms with Crippen molar-refractivity contribution >= 4 is 12.4 Å². The van der Waals surface area contributed by atoms with Crippen molar-refractivity contribution in [3.8, 4) is 11.5 Å². The van der Waals surface area contributed by atoms with Crippen molar-refractivity contribution in [2.45, 2.75) is 6.42 Å². The molecule has 0 aliphatic heterocycles. The molecule has 2 aromatic rings. The van der Waals surface area contributed by atoms with E-state index >= 15 is 0 Å². The Bertz CT molecular complexity index is 581. The standard InChI is InChI=1S/C17H18N2O2/c20-16-8-3-1-6-14(16)12-18-10-5-11-19-13-15-7-2-4-9-17(15)21/h1-4,6-9,12-13,20-21H,5,10-11H2/b18-12+,19-13+. The van der Waals surface area contributed by atoms with Crippen LogP contribution in [0.2, 0.25) is 0 Å². The number of para-hydroxylation sites is 2. The van der Waals surface area contributed by atoms with Crippen LogP contribution in [0.4, 0.5) is 0 Å². The first-order chi connectivity index (χ1) is 10.3. The van der Waals surface area contributed by atoms with Crippen LogP contribution < -0.4 is 0 Å². The van der Waals surface area contributed by atoms with Crippen LogP contribution in [0.5, 0.6) is 11.5 Å². The summed E-state index contributed by atoms with van der Waals surface area (Å²) in [6.07, 6.45) is 4.15. The van der Waals surface area contributed by atoms with Crippen LogP contribution in [0.15, 0.2) is 58.5 Å². The second-order valence-electron chi connectivity index (χ2n) is 4.54. The topological polar surface area (TPSA) is 65.2 Å². The number of hydrogen-bond acceptors (Lipinski definition) is 4. The van der Waals surface area contributed by atoms with Gasteiger partial charge in [0.1, 0.15) is 11.5 Å². The molecule has 0 aromatic heterocycles. The summed E-state index contributed by atoms with van der Waals surface area (Å²) in [5, 5.41) is 19.1. The second kappa shape index (κ2) is 7.85. The lowest BCUT2D eigenvalue weighted by Gasteiger charge is -1.97. The van der Waals surface area contributed by atoms with Gasteiger partial charge in [0.15, 0.2) is 0 Å². The van der Waals surface area contributed by atoms with Gasteiger partial charge < -0.3 is 10.2 Å². The molecule has 0 saturated heterocycles. The highest BCUT2D eigenvalue weighted by Crippen LogP contribution is 2.13. The maximum atomic E-state index is 9.56. The minimum atomic E-state index is 0.235. The molecule has 21 heavy (non-hydrogen) atoms. The quantitative estimate of drug-likeness (QED) is 0.632. The Morgan fingerprint density at radius 1 is 0.714 bits per heavy atom. The van der Waals surface area contributed by atoms with Gasteiger partial charge in [-0.1, -0.05) is 24.3 Å². The Morgan fingerprint density at radius 3 is 1.57 bits per heavy atom. The summed E-state index contributed by atoms with van der Waals surface area (Å²) < 4.78 is 0. The van der Waals surface area contributed by atoms with E-state index in [2.05, 4.69) is 9.98 Å². The van der Waals surface area contributed by atoms with Crippen LogP contribution in [0.3, 0.4) is 0 Å². The van der Waals surface area contributed by atoms with Crippen LogP contribution >= 0.6 is 0 Å². The predicted octanol–water partition coefficient (Wildman–Crippen LogP) is 3.03. The second-order valence-corrected chi connectivity index (χ2v) is 4.54. The zero-order valence-electron chi connectivity index (χ0n) is 11.7. The highest BCUT2D eigenvalue weighted by molar-refractivity contribution is 5.83. The van der Waals surface area contributed by atoms with Gasteiger partial charge >= 0.3 is 0 Å². The van der Waals surface area contributed by atoms with E-state index in [0.29, 0.717) is 13.1 Å². The first-order valence-corrected chi connectivity index (χ1v) is 6.83. The molecule has 4 heteroatoms. The van der Waals surface area contributed by atoms with Crippen molar-refractivity contribution in [1.82, 2.24) is 0 Å². The molecule has 2 aromatic carbocycles. The van der Waals surface area contributed by atoms with E-state index in [-0.39, 0.29) is 11.5 Å². The first kappa shape index (κ1) is 14.8. The molecule has 0 radical (unpaired) electrons. The number of aliphatic imine (C=N–C) groups is 2. The number of hydrogen-bond donors (Lipinski definition) is 2. The van der Waals surface area contributed by atoms with E-state index < -0.39 is 0 Å². The fraction of sp³-hybridized carbons (Fsp3) is 0.176. The third-order valence-corrected chi connectivity index (χ3v) is 2.91. The fourth-order valence-corrected chi connectivity index (χ4v) is 1.77. The molecule has 0 bridgehead atoms. The van der Waals surface area contributed by atoms with Gasteiger partial charge in [-0.2, -0.15) is 0 Å². The molecule has 2 N–H and O–H groups in total. The zero-order chi connectivity index (χ0) is 14.9. The lowest BCUT2D eigenvalue weighted by atomic mass is 10.2. The van der Waals surface area contributed by atoms with Crippen molar-refractivity contribution in [1.29, 1.82) is 0 Å². The molecule has 0 atom stereocenters. The molecule has 0 amide bonds. The Labute approximate surface area is 124 Å². The molecular weight excluding hydrogens is 264 g/mol. The Balaban J connectivity index is 1.73. The normalized spacial score (nSPS) is 11.4. The molecule has 4 nitrogen and oxygen atoms in total. The van der Waals surface area contributed by atoms with Crippen molar-refractivity contribution in [2.75, 3.05) is 13.1 Å². The van der Waals surface area contributed by atoms with Gasteiger partial charge in [-0.15, -0.1) is 0 Å². The van der Waals surface area contributed by atoms with E-state index in [9.17, 15) is 10.2 Å². The number of phenolic OH excluding ortho intramolecular Hbond substituents is 2. The fourth-order valence-electron chi connectivity index (χ4n) is 1.77. The van der Waals surface area contributed by atoms with Crippen molar-refractivity contribution in [2.24, 2.45) is 9.98 Å². The van der Waals surface area contributed by atoms with Crippen LogP contribution in [0, 0.1) is 0 Å². The number of rotatable bonds is 6. The minimum absolute atomic E-state index is 0.235. The van der Waals surface area contributed by atoms with Gasteiger partial charge in [-0.25, -0.2) is 0 Å². The van der Waals surface area contributed by atoms with E-state index in [4.69, 9.17) is 0 Å². The summed E-state index contributed by atoms with van der Waals surface area (Å²) in [5.74, 6) is 0.470. The average molecular weight is 282 g/mol. The lowest BCUT2D eigenvalue weighted by Crippen LogP contribution is -1.90. The molecule has 0 spiro atoms. The Kier molecular flexibility index (Phi) is 5.52. The third kappa shape index (κ3) is 4.76. The van der Waals surface area contributed by atoms with Crippen LogP contribution in [-0.2, 0) is 0 Å². The largest absolute Gasteiger partial charge is 0.507 e. The highest BCUT2D eigenvalue weighted by atomic mass is 16.3. The van der Waals surface area contributed by atoms with Gasteiger partial charge in [-0.3, -0.25) is 9.98 Å². The Hall–Kier alpha value is -2.62. The Morgan fingerprint density at radius 2 is 1.14 bits per heavy atom. The van der Waals surface area contributed by atoms with Crippen molar-refractivity contribution < 1.29 is 10.2 Å². The lowest BCUT2D eigenvalue weighted by molar-refractivity contribution is 0.474. The van der Waals surface area contributed by atoms with Gasteiger partial charge in [-0.05, 0) is 30.7 Å². The number of phenols is 2. The molecule has 0 saturated carbocycles. The molecule has 0 aliphatic rings. The number of benzene rings is 2. The summed E-state index contributed by atoms with van der Waals surface area (Å²) >= 11 is 0. The predicted molar refractivity (Wildman–Crippen MR) is 85.8 cm³/mol. The van der Waals surface area contributed by atoms with E-state index in [1.54, 1.807) is 36.7 Å². The summed E-state index contributed by atoms with van der Waals surface area (Å²) in [7, 11) is 0. The van der Waals surface area contributed by atoms with Crippen LogP contribution in [0.25, 0.3) is 0 Å². The molecule has 0 fully saturated rings. The van der Waals surface area contributed by atoms with Gasteiger partial charge in [0.05, 0.1) is 0 Å². The maximum absolute atomic E-state index is 9.56. The van der Waals surface area contributed by atoms with E-state index in [0.717, 1.165) is 17.5 Å². The molecular formula is C17H18N2O2. The third-order valence-electron chi connectivity index (χ3n) is 2.91. The van der Waals surface area contributed by atoms with Crippen molar-refractivity contribution in [3.05, 3.63) is 59.7 Å². The molecule has 0 heterocycles. The summed E-state index contributed by atoms with van der Waals surface area (Å²) in [4.78, 5) is 8.51. The highest BCUT2D eigenvalue weighted by Gasteiger charge is 1.95. The summed E-state index contributed by atoms with van der Waals surface area (Å²) in [6, 6.07) is 14.2.